The van der Waals surface area contributed by atoms with Crippen LogP contribution in [0, 0.1) is 11.3 Å². The lowest BCUT2D eigenvalue weighted by atomic mass is 9.98. The molecule has 2 unspecified atom stereocenters. The molecule has 0 spiro atoms. The second kappa shape index (κ2) is 1.44. The summed E-state index contributed by atoms with van der Waals surface area (Å²) >= 11 is 0. The summed E-state index contributed by atoms with van der Waals surface area (Å²) in [7, 11) is 0. The SMILES string of the molecule is C=C(C)C12CNC(=O)C1C2. The molecule has 2 rings (SSSR count). The lowest BCUT2D eigenvalue weighted by Gasteiger charge is -2.08. The summed E-state index contributed by atoms with van der Waals surface area (Å²) in [5, 5.41) is 2.84. The summed E-state index contributed by atoms with van der Waals surface area (Å²) in [6.45, 7) is 6.73. The Hall–Kier alpha value is -0.790. The van der Waals surface area contributed by atoms with Crippen molar-refractivity contribution >= 4 is 5.91 Å². The van der Waals surface area contributed by atoms with Gasteiger partial charge in [-0.05, 0) is 13.3 Å². The fourth-order valence-corrected chi connectivity index (χ4v) is 1.83. The molecule has 0 aromatic heterocycles. The molecule has 2 heteroatoms. The van der Waals surface area contributed by atoms with Gasteiger partial charge in [0.25, 0.3) is 0 Å². The van der Waals surface area contributed by atoms with Crippen LogP contribution in [0.2, 0.25) is 0 Å². The number of carbonyl (C=O) groups excluding carboxylic acids is 1. The zero-order chi connectivity index (χ0) is 7.35. The van der Waals surface area contributed by atoms with E-state index in [9.17, 15) is 4.79 Å². The van der Waals surface area contributed by atoms with Crippen LogP contribution in [-0.2, 0) is 4.79 Å². The van der Waals surface area contributed by atoms with E-state index in [1.807, 2.05) is 6.92 Å². The fraction of sp³-hybridized carbons (Fsp3) is 0.625. The van der Waals surface area contributed by atoms with Crippen molar-refractivity contribution in [1.29, 1.82) is 0 Å². The lowest BCUT2D eigenvalue weighted by Crippen LogP contribution is -2.21. The predicted molar refractivity (Wildman–Crippen MR) is 38.4 cm³/mol. The third-order valence-electron chi connectivity index (χ3n) is 2.82. The van der Waals surface area contributed by atoms with Gasteiger partial charge in [-0.25, -0.2) is 0 Å². The summed E-state index contributed by atoms with van der Waals surface area (Å²) in [6, 6.07) is 0. The fourth-order valence-electron chi connectivity index (χ4n) is 1.83. The maximum Gasteiger partial charge on any atom is 0.224 e. The molecule has 0 aromatic carbocycles. The summed E-state index contributed by atoms with van der Waals surface area (Å²) < 4.78 is 0. The summed E-state index contributed by atoms with van der Waals surface area (Å²) in [6.07, 6.45) is 1.04. The molecule has 2 nitrogen and oxygen atoms in total. The van der Waals surface area contributed by atoms with Gasteiger partial charge in [-0.2, -0.15) is 0 Å². The van der Waals surface area contributed by atoms with Crippen molar-refractivity contribution in [3.8, 4) is 0 Å². The zero-order valence-corrected chi connectivity index (χ0v) is 6.11. The highest BCUT2D eigenvalue weighted by atomic mass is 16.2. The van der Waals surface area contributed by atoms with Crippen molar-refractivity contribution in [1.82, 2.24) is 5.32 Å². The summed E-state index contributed by atoms with van der Waals surface area (Å²) in [4.78, 5) is 11.0. The molecule has 1 saturated carbocycles. The molecule has 2 atom stereocenters. The Morgan fingerprint density at radius 2 is 2.60 bits per heavy atom. The lowest BCUT2D eigenvalue weighted by molar-refractivity contribution is -0.120. The van der Waals surface area contributed by atoms with Gasteiger partial charge in [0.05, 0.1) is 0 Å². The normalized spacial score (nSPS) is 42.5. The molecule has 54 valence electrons. The zero-order valence-electron chi connectivity index (χ0n) is 6.11. The van der Waals surface area contributed by atoms with E-state index < -0.39 is 0 Å². The number of hydrogen-bond acceptors (Lipinski definition) is 1. The van der Waals surface area contributed by atoms with Crippen LogP contribution in [-0.4, -0.2) is 12.5 Å². The van der Waals surface area contributed by atoms with Gasteiger partial charge < -0.3 is 5.32 Å². The van der Waals surface area contributed by atoms with Crippen molar-refractivity contribution < 1.29 is 4.79 Å². The van der Waals surface area contributed by atoms with Crippen LogP contribution < -0.4 is 5.32 Å². The predicted octanol–water partition coefficient (Wildman–Crippen LogP) is 0.699. The molecule has 1 saturated heterocycles. The highest BCUT2D eigenvalue weighted by Crippen LogP contribution is 2.59. The van der Waals surface area contributed by atoms with Gasteiger partial charge in [0.2, 0.25) is 5.91 Å². The smallest absolute Gasteiger partial charge is 0.224 e. The van der Waals surface area contributed by atoms with Gasteiger partial charge in [0, 0.05) is 17.9 Å². The number of carbonyl (C=O) groups is 1. The minimum atomic E-state index is 0.178. The van der Waals surface area contributed by atoms with E-state index in [0.717, 1.165) is 18.5 Å². The molecule has 2 fully saturated rings. The first kappa shape index (κ1) is 5.96. The largest absolute Gasteiger partial charge is 0.355 e. The van der Waals surface area contributed by atoms with Gasteiger partial charge in [0.1, 0.15) is 0 Å². The average molecular weight is 137 g/mol. The third kappa shape index (κ3) is 0.474. The topological polar surface area (TPSA) is 29.1 Å². The van der Waals surface area contributed by atoms with E-state index in [4.69, 9.17) is 0 Å². The van der Waals surface area contributed by atoms with Crippen LogP contribution >= 0.6 is 0 Å². The second-order valence-corrected chi connectivity index (χ2v) is 3.41. The number of piperidine rings is 1. The first-order chi connectivity index (χ1) is 4.67. The molecule has 0 aromatic rings. The average Bonchev–Trinajstić information content (AvgIpc) is 2.52. The molecular weight excluding hydrogens is 126 g/mol. The van der Waals surface area contributed by atoms with E-state index in [-0.39, 0.29) is 17.2 Å². The van der Waals surface area contributed by atoms with Gasteiger partial charge in [-0.3, -0.25) is 4.79 Å². The van der Waals surface area contributed by atoms with Crippen molar-refractivity contribution in [2.45, 2.75) is 13.3 Å². The Morgan fingerprint density at radius 3 is 2.80 bits per heavy atom. The van der Waals surface area contributed by atoms with Crippen LogP contribution in [0.15, 0.2) is 12.2 Å². The van der Waals surface area contributed by atoms with Gasteiger partial charge in [0.15, 0.2) is 0 Å². The quantitative estimate of drug-likeness (QED) is 0.529. The Balaban J connectivity index is 2.25. The molecule has 1 N–H and O–H groups in total. The summed E-state index contributed by atoms with van der Waals surface area (Å²) in [5.41, 5.74) is 1.34. The van der Waals surface area contributed by atoms with E-state index in [0.29, 0.717) is 0 Å². The van der Waals surface area contributed by atoms with Crippen LogP contribution in [0.4, 0.5) is 0 Å². The number of nitrogens with one attached hydrogen (secondary N) is 1. The van der Waals surface area contributed by atoms with E-state index in [1.165, 1.54) is 0 Å². The number of rotatable bonds is 1. The van der Waals surface area contributed by atoms with E-state index >= 15 is 0 Å². The minimum Gasteiger partial charge on any atom is -0.355 e. The molecule has 2 aliphatic rings. The Kier molecular flexibility index (Phi) is 0.858. The molecule has 1 amide bonds. The van der Waals surface area contributed by atoms with Crippen molar-refractivity contribution in [3.05, 3.63) is 12.2 Å². The van der Waals surface area contributed by atoms with E-state index in [1.54, 1.807) is 0 Å². The third-order valence-corrected chi connectivity index (χ3v) is 2.82. The highest BCUT2D eigenvalue weighted by Gasteiger charge is 2.62. The molecule has 10 heavy (non-hydrogen) atoms. The van der Waals surface area contributed by atoms with Gasteiger partial charge in [-0.1, -0.05) is 12.2 Å². The summed E-state index contributed by atoms with van der Waals surface area (Å²) in [5.74, 6) is 0.494. The molecule has 0 radical (unpaired) electrons. The molecule has 1 heterocycles. The first-order valence-electron chi connectivity index (χ1n) is 3.60. The van der Waals surface area contributed by atoms with Crippen LogP contribution in [0.25, 0.3) is 0 Å². The van der Waals surface area contributed by atoms with Gasteiger partial charge in [-0.15, -0.1) is 0 Å². The maximum absolute atomic E-state index is 11.0. The molecule has 1 aliphatic carbocycles. The maximum atomic E-state index is 11.0. The first-order valence-corrected chi connectivity index (χ1v) is 3.60. The van der Waals surface area contributed by atoms with E-state index in [2.05, 4.69) is 11.9 Å². The van der Waals surface area contributed by atoms with Crippen LogP contribution in [0.3, 0.4) is 0 Å². The number of fused-ring (bicyclic) bond motifs is 1. The Morgan fingerprint density at radius 1 is 1.90 bits per heavy atom. The standard InChI is InChI=1S/C8H11NO/c1-5(2)8-3-6(8)7(10)9-4-8/h6H,1,3-4H2,2H3,(H,9,10). The van der Waals surface area contributed by atoms with Crippen molar-refractivity contribution in [3.63, 3.8) is 0 Å². The molecule has 0 bridgehead atoms. The van der Waals surface area contributed by atoms with Crippen LogP contribution in [0.5, 0.6) is 0 Å². The Bertz CT molecular complexity index is 221. The molecular formula is C8H11NO. The van der Waals surface area contributed by atoms with Crippen molar-refractivity contribution in [2.24, 2.45) is 11.3 Å². The minimum absolute atomic E-state index is 0.178. The highest BCUT2D eigenvalue weighted by molar-refractivity contribution is 5.86. The number of hydrogen-bond donors (Lipinski definition) is 1. The number of amides is 1. The van der Waals surface area contributed by atoms with Crippen molar-refractivity contribution in [2.75, 3.05) is 6.54 Å². The second-order valence-electron chi connectivity index (χ2n) is 3.41. The molecule has 1 aliphatic heterocycles. The van der Waals surface area contributed by atoms with Crippen LogP contribution in [0.1, 0.15) is 13.3 Å². The Labute approximate surface area is 60.3 Å². The monoisotopic (exact) mass is 137 g/mol. The van der Waals surface area contributed by atoms with Gasteiger partial charge >= 0.3 is 0 Å².